The number of aliphatic imine (C=N–C) groups is 1. The number of thiophene rings is 1. The molecule has 0 aliphatic carbocycles. The summed E-state index contributed by atoms with van der Waals surface area (Å²) in [7, 11) is 1.61. The lowest BCUT2D eigenvalue weighted by atomic mass is 10.2. The smallest absolute Gasteiger partial charge is 0.261 e. The van der Waals surface area contributed by atoms with Gasteiger partial charge in [0.2, 0.25) is 0 Å². The van der Waals surface area contributed by atoms with Gasteiger partial charge in [0.15, 0.2) is 0 Å². The summed E-state index contributed by atoms with van der Waals surface area (Å²) in [5.41, 5.74) is 6.32. The monoisotopic (exact) mass is 281 g/mol. The summed E-state index contributed by atoms with van der Waals surface area (Å²) in [6.07, 6.45) is 0. The lowest BCUT2D eigenvalue weighted by Crippen LogP contribution is -2.15. The molecule has 1 heterocycles. The van der Waals surface area contributed by atoms with Gasteiger partial charge >= 0.3 is 0 Å². The molecule has 0 spiro atoms. The maximum atomic E-state index is 11.5. The van der Waals surface area contributed by atoms with Gasteiger partial charge in [-0.3, -0.25) is 4.79 Å². The summed E-state index contributed by atoms with van der Waals surface area (Å²) in [6, 6.07) is 7.51. The summed E-state index contributed by atoms with van der Waals surface area (Å²) < 4.78 is 1.04. The van der Waals surface area contributed by atoms with Crippen LogP contribution < -0.4 is 11.1 Å². The van der Waals surface area contributed by atoms with Crippen molar-refractivity contribution in [3.63, 3.8) is 0 Å². The van der Waals surface area contributed by atoms with Crippen LogP contribution in [-0.4, -0.2) is 24.7 Å². The second-order valence-electron chi connectivity index (χ2n) is 3.65. The predicted molar refractivity (Wildman–Crippen MR) is 77.2 cm³/mol. The number of hydrogen-bond acceptors (Lipinski definition) is 3. The summed E-state index contributed by atoms with van der Waals surface area (Å²) in [6.45, 7) is 0. The van der Waals surface area contributed by atoms with E-state index in [9.17, 15) is 4.79 Å². The van der Waals surface area contributed by atoms with E-state index in [1.54, 1.807) is 7.05 Å². The number of amides is 1. The van der Waals surface area contributed by atoms with Gasteiger partial charge in [0.25, 0.3) is 5.91 Å². The number of benzene rings is 1. The zero-order valence-corrected chi connectivity index (χ0v) is 11.3. The third-order valence-corrected chi connectivity index (χ3v) is 3.75. The van der Waals surface area contributed by atoms with Crippen LogP contribution >= 0.6 is 22.9 Å². The van der Waals surface area contributed by atoms with E-state index < -0.39 is 0 Å². The number of carbonyl (C=O) groups is 1. The van der Waals surface area contributed by atoms with Gasteiger partial charge in [-0.1, -0.05) is 0 Å². The van der Waals surface area contributed by atoms with Crippen molar-refractivity contribution < 1.29 is 4.79 Å². The summed E-state index contributed by atoms with van der Waals surface area (Å²) in [5, 5.41) is 3.58. The number of halogens is 1. The van der Waals surface area contributed by atoms with Crippen LogP contribution in [0.15, 0.2) is 29.3 Å². The number of nitrogens with one attached hydrogen (secondary N) is 1. The highest BCUT2D eigenvalue weighted by Crippen LogP contribution is 2.29. The summed E-state index contributed by atoms with van der Waals surface area (Å²) in [5.74, 6) is 0.491. The van der Waals surface area contributed by atoms with Crippen LogP contribution in [-0.2, 0) is 0 Å². The number of amidine groups is 1. The van der Waals surface area contributed by atoms with Gasteiger partial charge in [-0.05, 0) is 29.7 Å². The number of rotatable bonds is 3. The molecule has 0 radical (unpaired) electrons. The molecule has 0 saturated heterocycles. The molecule has 1 aromatic carbocycles. The lowest BCUT2D eigenvalue weighted by Gasteiger charge is -1.96. The minimum absolute atomic E-state index is 0.0819. The van der Waals surface area contributed by atoms with Gasteiger partial charge in [0, 0.05) is 11.7 Å². The molecule has 0 aliphatic heterocycles. The van der Waals surface area contributed by atoms with Crippen molar-refractivity contribution in [1.82, 2.24) is 5.32 Å². The first kappa shape index (κ1) is 12.9. The van der Waals surface area contributed by atoms with Crippen LogP contribution in [0.5, 0.6) is 0 Å². The Labute approximate surface area is 113 Å². The van der Waals surface area contributed by atoms with Crippen LogP contribution in [0.1, 0.15) is 9.67 Å². The predicted octanol–water partition coefficient (Wildman–Crippen LogP) is 2.49. The molecule has 3 N–H and O–H groups in total. The summed E-state index contributed by atoms with van der Waals surface area (Å²) in [4.78, 5) is 16.4. The number of nitrogens with zero attached hydrogens (tertiary/aromatic N) is 1. The van der Waals surface area contributed by atoms with Gasteiger partial charge in [-0.25, -0.2) is 4.99 Å². The van der Waals surface area contributed by atoms with Crippen molar-refractivity contribution in [3.8, 4) is 0 Å². The van der Waals surface area contributed by atoms with E-state index in [1.807, 2.05) is 24.3 Å². The average Bonchev–Trinajstić information content (AvgIpc) is 2.80. The molecular formula is C12H12ClN3OS. The molecule has 4 nitrogen and oxygen atoms in total. The molecule has 94 valence electrons. The zero-order chi connectivity index (χ0) is 13.1. The molecule has 0 atom stereocenters. The Balaban J connectivity index is 2.42. The summed E-state index contributed by atoms with van der Waals surface area (Å²) >= 11 is 7.02. The van der Waals surface area contributed by atoms with Gasteiger partial charge in [0.05, 0.1) is 16.4 Å². The standard InChI is InChI=1S/C12H12ClN3OS/c1-15-12(17)10-5-7-4-8(16-11(14)6-13)2-3-9(7)18-10/h2-5H,6H2,1H3,(H2,14,16)(H,15,17). The average molecular weight is 282 g/mol. The number of fused-ring (bicyclic) bond motifs is 1. The molecule has 18 heavy (non-hydrogen) atoms. The topological polar surface area (TPSA) is 67.5 Å². The van der Waals surface area contributed by atoms with Crippen molar-refractivity contribution in [2.24, 2.45) is 10.7 Å². The largest absolute Gasteiger partial charge is 0.386 e. The van der Waals surface area contributed by atoms with E-state index in [4.69, 9.17) is 17.3 Å². The van der Waals surface area contributed by atoms with Crippen molar-refractivity contribution in [3.05, 3.63) is 29.1 Å². The van der Waals surface area contributed by atoms with Crippen molar-refractivity contribution >= 4 is 50.5 Å². The third-order valence-electron chi connectivity index (χ3n) is 2.36. The number of alkyl halides is 1. The van der Waals surface area contributed by atoms with Crippen LogP contribution in [0.2, 0.25) is 0 Å². The quantitative estimate of drug-likeness (QED) is 0.516. The highest BCUT2D eigenvalue weighted by Gasteiger charge is 2.08. The fourth-order valence-corrected chi connectivity index (χ4v) is 2.58. The SMILES string of the molecule is CNC(=O)c1cc2cc(N=C(N)CCl)ccc2s1. The Morgan fingerprint density at radius 1 is 1.50 bits per heavy atom. The van der Waals surface area contributed by atoms with Crippen LogP contribution in [0, 0.1) is 0 Å². The Kier molecular flexibility index (Phi) is 3.84. The first-order valence-electron chi connectivity index (χ1n) is 5.28. The molecule has 0 aliphatic rings. The number of carbonyl (C=O) groups excluding carboxylic acids is 1. The van der Waals surface area contributed by atoms with Crippen molar-refractivity contribution in [2.75, 3.05) is 12.9 Å². The normalized spacial score (nSPS) is 11.8. The molecule has 6 heteroatoms. The van der Waals surface area contributed by atoms with Crippen LogP contribution in [0.4, 0.5) is 5.69 Å². The molecule has 0 bridgehead atoms. The van der Waals surface area contributed by atoms with Crippen LogP contribution in [0.3, 0.4) is 0 Å². The van der Waals surface area contributed by atoms with E-state index in [-0.39, 0.29) is 11.8 Å². The third kappa shape index (κ3) is 2.63. The molecule has 1 aromatic heterocycles. The minimum Gasteiger partial charge on any atom is -0.386 e. The Bertz CT molecular complexity index is 621. The first-order chi connectivity index (χ1) is 8.63. The highest BCUT2D eigenvalue weighted by atomic mass is 35.5. The van der Waals surface area contributed by atoms with Crippen LogP contribution in [0.25, 0.3) is 10.1 Å². The number of nitrogens with two attached hydrogens (primary N) is 1. The van der Waals surface area contributed by atoms with E-state index in [1.165, 1.54) is 11.3 Å². The van der Waals surface area contributed by atoms with Gasteiger partial charge in [-0.15, -0.1) is 22.9 Å². The molecule has 0 unspecified atom stereocenters. The Morgan fingerprint density at radius 3 is 2.94 bits per heavy atom. The van der Waals surface area contributed by atoms with E-state index in [0.29, 0.717) is 10.7 Å². The van der Waals surface area contributed by atoms with Crippen molar-refractivity contribution in [1.29, 1.82) is 0 Å². The fraction of sp³-hybridized carbons (Fsp3) is 0.167. The number of hydrogen-bond donors (Lipinski definition) is 2. The first-order valence-corrected chi connectivity index (χ1v) is 6.64. The minimum atomic E-state index is -0.0819. The molecule has 2 rings (SSSR count). The van der Waals surface area contributed by atoms with Crippen molar-refractivity contribution in [2.45, 2.75) is 0 Å². The molecule has 1 amide bonds. The zero-order valence-electron chi connectivity index (χ0n) is 9.74. The lowest BCUT2D eigenvalue weighted by molar-refractivity contribution is 0.0967. The van der Waals surface area contributed by atoms with E-state index in [2.05, 4.69) is 10.3 Å². The maximum absolute atomic E-state index is 11.5. The molecule has 2 aromatic rings. The van der Waals surface area contributed by atoms with Gasteiger partial charge in [0.1, 0.15) is 5.84 Å². The molecule has 0 saturated carbocycles. The maximum Gasteiger partial charge on any atom is 0.261 e. The fourth-order valence-electron chi connectivity index (χ4n) is 1.53. The van der Waals surface area contributed by atoms with Gasteiger partial charge in [-0.2, -0.15) is 0 Å². The molecule has 0 fully saturated rings. The Morgan fingerprint density at radius 2 is 2.28 bits per heavy atom. The van der Waals surface area contributed by atoms with E-state index >= 15 is 0 Å². The second-order valence-corrected chi connectivity index (χ2v) is 5.00. The van der Waals surface area contributed by atoms with E-state index in [0.717, 1.165) is 15.8 Å². The second kappa shape index (κ2) is 5.37. The highest BCUT2D eigenvalue weighted by molar-refractivity contribution is 7.20. The molecular weight excluding hydrogens is 270 g/mol. The Hall–Kier alpha value is -1.59. The van der Waals surface area contributed by atoms with Gasteiger partial charge < -0.3 is 11.1 Å².